The van der Waals surface area contributed by atoms with E-state index in [1.54, 1.807) is 12.3 Å². The Morgan fingerprint density at radius 2 is 2.10 bits per heavy atom. The molecule has 0 aromatic heterocycles. The molecule has 0 aromatic rings. The molecule has 0 fully saturated rings. The molecular weight excluding hydrogens is 126 g/mol. The van der Waals surface area contributed by atoms with Crippen LogP contribution in [0.25, 0.3) is 0 Å². The number of allylic oxidation sites excluding steroid dienone is 1. The van der Waals surface area contributed by atoms with Gasteiger partial charge in [0.25, 0.3) is 0 Å². The fourth-order valence-corrected chi connectivity index (χ4v) is 0.327. The quantitative estimate of drug-likeness (QED) is 0.466. The minimum absolute atomic E-state index is 0.433. The van der Waals surface area contributed by atoms with Crippen LogP contribution < -0.4 is 5.73 Å². The fraction of sp³-hybridized carbons (Fsp3) is 0.571. The Balaban J connectivity index is 3.66. The summed E-state index contributed by atoms with van der Waals surface area (Å²) < 4.78 is 0. The molecule has 0 unspecified atom stereocenters. The second-order valence-corrected chi connectivity index (χ2v) is 2.32. The van der Waals surface area contributed by atoms with Gasteiger partial charge in [0.1, 0.15) is 0 Å². The summed E-state index contributed by atoms with van der Waals surface area (Å²) in [6.45, 7) is 4.15. The van der Waals surface area contributed by atoms with Crippen LogP contribution in [-0.4, -0.2) is 24.3 Å². The molecule has 0 saturated carbocycles. The van der Waals surface area contributed by atoms with Crippen molar-refractivity contribution in [2.75, 3.05) is 7.05 Å². The Bertz CT molecular complexity index is 127. The minimum Gasteiger partial charge on any atom is -0.405 e. The molecule has 0 aliphatic rings. The molecule has 3 nitrogen and oxygen atoms in total. The van der Waals surface area contributed by atoms with Gasteiger partial charge in [-0.3, -0.25) is 5.01 Å². The summed E-state index contributed by atoms with van der Waals surface area (Å²) in [4.78, 5) is 0. The Kier molecular flexibility index (Phi) is 4.37. The zero-order chi connectivity index (χ0) is 7.98. The molecule has 0 spiro atoms. The number of hydrogen-bond acceptors (Lipinski definition) is 3. The maximum absolute atomic E-state index is 5.10. The number of hydrogen-bond donors (Lipinski definition) is 1. The SMILES string of the molecule is CC(C)N(C)/N=C/C=C\N. The maximum Gasteiger partial charge on any atom is 0.0484 e. The Morgan fingerprint density at radius 1 is 1.50 bits per heavy atom. The van der Waals surface area contributed by atoms with Gasteiger partial charge < -0.3 is 5.73 Å². The summed E-state index contributed by atoms with van der Waals surface area (Å²) in [6, 6.07) is 0.433. The summed E-state index contributed by atoms with van der Waals surface area (Å²) in [5.41, 5.74) is 5.10. The highest BCUT2D eigenvalue weighted by molar-refractivity contribution is 5.70. The number of hydrazone groups is 1. The monoisotopic (exact) mass is 141 g/mol. The molecule has 0 saturated heterocycles. The minimum atomic E-state index is 0.433. The number of rotatable bonds is 3. The molecule has 0 bridgehead atoms. The smallest absolute Gasteiger partial charge is 0.0484 e. The summed E-state index contributed by atoms with van der Waals surface area (Å²) in [6.07, 6.45) is 4.82. The average molecular weight is 141 g/mol. The van der Waals surface area contributed by atoms with Crippen LogP contribution in [0, 0.1) is 0 Å². The molecule has 0 heterocycles. The van der Waals surface area contributed by atoms with Crippen molar-refractivity contribution in [2.45, 2.75) is 19.9 Å². The van der Waals surface area contributed by atoms with Gasteiger partial charge in [-0.05, 0) is 26.1 Å². The van der Waals surface area contributed by atoms with Gasteiger partial charge in [-0.1, -0.05) is 0 Å². The average Bonchev–Trinajstić information content (AvgIpc) is 1.88. The highest BCUT2D eigenvalue weighted by atomic mass is 15.4. The Morgan fingerprint density at radius 3 is 2.50 bits per heavy atom. The molecule has 58 valence electrons. The second kappa shape index (κ2) is 4.85. The van der Waals surface area contributed by atoms with E-state index < -0.39 is 0 Å². The third-order valence-electron chi connectivity index (χ3n) is 1.19. The molecule has 0 atom stereocenters. The van der Waals surface area contributed by atoms with Crippen molar-refractivity contribution in [3.05, 3.63) is 12.3 Å². The van der Waals surface area contributed by atoms with E-state index in [2.05, 4.69) is 18.9 Å². The van der Waals surface area contributed by atoms with Gasteiger partial charge >= 0.3 is 0 Å². The van der Waals surface area contributed by atoms with E-state index in [0.29, 0.717) is 6.04 Å². The lowest BCUT2D eigenvalue weighted by Crippen LogP contribution is -2.19. The molecule has 0 aromatic carbocycles. The normalized spacial score (nSPS) is 12.0. The highest BCUT2D eigenvalue weighted by Gasteiger charge is 1.94. The Labute approximate surface area is 62.2 Å². The topological polar surface area (TPSA) is 41.6 Å². The number of nitrogens with zero attached hydrogens (tertiary/aromatic N) is 2. The van der Waals surface area contributed by atoms with Crippen molar-refractivity contribution in [3.8, 4) is 0 Å². The van der Waals surface area contributed by atoms with Crippen LogP contribution in [0.15, 0.2) is 17.4 Å². The lowest BCUT2D eigenvalue weighted by atomic mass is 10.4. The summed E-state index contributed by atoms with van der Waals surface area (Å²) in [7, 11) is 1.92. The first kappa shape index (κ1) is 9.01. The van der Waals surface area contributed by atoms with Gasteiger partial charge in [-0.15, -0.1) is 0 Å². The van der Waals surface area contributed by atoms with Crippen LogP contribution >= 0.6 is 0 Å². The third-order valence-corrected chi connectivity index (χ3v) is 1.19. The molecule has 0 aliphatic heterocycles. The zero-order valence-corrected chi connectivity index (χ0v) is 6.78. The molecule has 0 aliphatic carbocycles. The van der Waals surface area contributed by atoms with Gasteiger partial charge in [0.05, 0.1) is 0 Å². The molecule has 2 N–H and O–H groups in total. The van der Waals surface area contributed by atoms with Gasteiger partial charge in [0.2, 0.25) is 0 Å². The van der Waals surface area contributed by atoms with E-state index in [0.717, 1.165) is 0 Å². The molecule has 10 heavy (non-hydrogen) atoms. The molecular formula is C7H15N3. The van der Waals surface area contributed by atoms with E-state index in [1.807, 2.05) is 12.1 Å². The van der Waals surface area contributed by atoms with E-state index in [-0.39, 0.29) is 0 Å². The van der Waals surface area contributed by atoms with Crippen LogP contribution in [-0.2, 0) is 0 Å². The van der Waals surface area contributed by atoms with Crippen molar-refractivity contribution < 1.29 is 0 Å². The van der Waals surface area contributed by atoms with Gasteiger partial charge in [0, 0.05) is 19.3 Å². The number of nitrogens with two attached hydrogens (primary N) is 1. The van der Waals surface area contributed by atoms with Crippen molar-refractivity contribution in [1.82, 2.24) is 5.01 Å². The maximum atomic E-state index is 5.10. The van der Waals surface area contributed by atoms with Gasteiger partial charge in [-0.2, -0.15) is 5.10 Å². The van der Waals surface area contributed by atoms with Gasteiger partial charge in [-0.25, -0.2) is 0 Å². The van der Waals surface area contributed by atoms with Crippen molar-refractivity contribution in [3.63, 3.8) is 0 Å². The first-order valence-electron chi connectivity index (χ1n) is 3.32. The summed E-state index contributed by atoms with van der Waals surface area (Å²) in [5, 5.41) is 5.92. The molecule has 0 radical (unpaired) electrons. The first-order chi connectivity index (χ1) is 4.68. The molecule has 0 rings (SSSR count). The van der Waals surface area contributed by atoms with Crippen LogP contribution in [0.2, 0.25) is 0 Å². The molecule has 0 amide bonds. The Hall–Kier alpha value is -0.990. The van der Waals surface area contributed by atoms with Crippen LogP contribution in [0.3, 0.4) is 0 Å². The van der Waals surface area contributed by atoms with E-state index in [4.69, 9.17) is 5.73 Å². The van der Waals surface area contributed by atoms with Crippen molar-refractivity contribution in [1.29, 1.82) is 0 Å². The van der Waals surface area contributed by atoms with E-state index in [9.17, 15) is 0 Å². The van der Waals surface area contributed by atoms with E-state index in [1.165, 1.54) is 6.20 Å². The largest absolute Gasteiger partial charge is 0.405 e. The predicted molar refractivity (Wildman–Crippen MR) is 44.7 cm³/mol. The fourth-order valence-electron chi connectivity index (χ4n) is 0.327. The highest BCUT2D eigenvalue weighted by Crippen LogP contribution is 1.91. The first-order valence-corrected chi connectivity index (χ1v) is 3.32. The van der Waals surface area contributed by atoms with Crippen LogP contribution in [0.4, 0.5) is 0 Å². The summed E-state index contributed by atoms with van der Waals surface area (Å²) >= 11 is 0. The molecule has 3 heteroatoms. The van der Waals surface area contributed by atoms with Gasteiger partial charge in [0.15, 0.2) is 0 Å². The zero-order valence-electron chi connectivity index (χ0n) is 6.78. The lowest BCUT2D eigenvalue weighted by Gasteiger charge is -2.15. The third kappa shape index (κ3) is 3.95. The predicted octanol–water partition coefficient (Wildman–Crippen LogP) is 0.785. The lowest BCUT2D eigenvalue weighted by molar-refractivity contribution is 0.290. The second-order valence-electron chi connectivity index (χ2n) is 2.32. The van der Waals surface area contributed by atoms with Crippen LogP contribution in [0.1, 0.15) is 13.8 Å². The van der Waals surface area contributed by atoms with E-state index >= 15 is 0 Å². The summed E-state index contributed by atoms with van der Waals surface area (Å²) in [5.74, 6) is 0. The standard InChI is InChI=1S/C7H15N3/c1-7(2)10(3)9-6-4-5-8/h4-7H,8H2,1-3H3/b5-4-,9-6+. The van der Waals surface area contributed by atoms with Crippen molar-refractivity contribution >= 4 is 6.21 Å². The van der Waals surface area contributed by atoms with Crippen LogP contribution in [0.5, 0.6) is 0 Å². The van der Waals surface area contributed by atoms with Crippen molar-refractivity contribution in [2.24, 2.45) is 10.8 Å².